The van der Waals surface area contributed by atoms with Gasteiger partial charge in [-0.15, -0.1) is 0 Å². The Hall–Kier alpha value is -2.30. The lowest BCUT2D eigenvalue weighted by molar-refractivity contribution is -0.124. The van der Waals surface area contributed by atoms with Gasteiger partial charge >= 0.3 is 0 Å². The van der Waals surface area contributed by atoms with Crippen LogP contribution in [0.3, 0.4) is 0 Å². The molecule has 116 valence electrons. The van der Waals surface area contributed by atoms with Crippen molar-refractivity contribution in [1.82, 2.24) is 0 Å². The fourth-order valence-corrected chi connectivity index (χ4v) is 5.24. The van der Waals surface area contributed by atoms with Crippen molar-refractivity contribution in [1.29, 1.82) is 0 Å². The summed E-state index contributed by atoms with van der Waals surface area (Å²) in [7, 11) is 0. The Bertz CT molecular complexity index is 764. The van der Waals surface area contributed by atoms with Gasteiger partial charge in [0.05, 0.1) is 17.5 Å². The minimum atomic E-state index is -0.160. The zero-order valence-electron chi connectivity index (χ0n) is 12.3. The lowest BCUT2D eigenvalue weighted by Gasteiger charge is -2.37. The van der Waals surface area contributed by atoms with Gasteiger partial charge < -0.3 is 9.47 Å². The molecule has 0 radical (unpaired) electrons. The Kier molecular flexibility index (Phi) is 2.00. The number of hydrogen-bond donors (Lipinski definition) is 0. The molecule has 5 nitrogen and oxygen atoms in total. The van der Waals surface area contributed by atoms with E-state index in [1.54, 1.807) is 18.2 Å². The van der Waals surface area contributed by atoms with Gasteiger partial charge in [-0.05, 0) is 42.2 Å². The fraction of sp³-hybridized carbons (Fsp3) is 0.444. The Labute approximate surface area is 132 Å². The molecule has 2 aliphatic heterocycles. The van der Waals surface area contributed by atoms with E-state index in [0.29, 0.717) is 29.0 Å². The van der Waals surface area contributed by atoms with Crippen LogP contribution in [-0.4, -0.2) is 18.6 Å². The summed E-state index contributed by atoms with van der Waals surface area (Å²) in [5.74, 6) is 2.62. The largest absolute Gasteiger partial charge is 0.454 e. The number of nitrogens with zero attached hydrogens (tertiary/aromatic N) is 1. The fourth-order valence-electron chi connectivity index (χ4n) is 5.24. The highest BCUT2D eigenvalue weighted by molar-refractivity contribution is 6.22. The molecule has 0 N–H and O–H groups in total. The van der Waals surface area contributed by atoms with E-state index in [-0.39, 0.29) is 42.3 Å². The first kappa shape index (κ1) is 12.2. The molecule has 7 rings (SSSR count). The van der Waals surface area contributed by atoms with Crippen LogP contribution >= 0.6 is 0 Å². The second-order valence-electron chi connectivity index (χ2n) is 7.20. The van der Waals surface area contributed by atoms with Crippen molar-refractivity contribution in [2.75, 3.05) is 11.7 Å². The van der Waals surface area contributed by atoms with Crippen LogP contribution in [0.1, 0.15) is 6.42 Å². The maximum atomic E-state index is 13.0. The maximum absolute atomic E-state index is 13.0. The molecule has 2 heterocycles. The van der Waals surface area contributed by atoms with Crippen LogP contribution < -0.4 is 14.4 Å². The lowest BCUT2D eigenvalue weighted by atomic mass is 9.63. The zero-order chi connectivity index (χ0) is 15.3. The predicted molar refractivity (Wildman–Crippen MR) is 79.8 cm³/mol. The molecular weight excluding hydrogens is 294 g/mol. The summed E-state index contributed by atoms with van der Waals surface area (Å²) in [6.45, 7) is 0.184. The molecule has 1 saturated heterocycles. The lowest BCUT2D eigenvalue weighted by Crippen LogP contribution is -2.40. The van der Waals surface area contributed by atoms with Gasteiger partial charge in [0.15, 0.2) is 11.5 Å². The molecule has 0 aromatic heterocycles. The number of rotatable bonds is 1. The Morgan fingerprint density at radius 3 is 2.26 bits per heavy atom. The molecule has 1 aromatic carbocycles. The van der Waals surface area contributed by atoms with Crippen molar-refractivity contribution >= 4 is 17.5 Å². The van der Waals surface area contributed by atoms with Gasteiger partial charge in [0.1, 0.15) is 0 Å². The molecule has 3 fully saturated rings. The number of fused-ring (bicyclic) bond motifs is 1. The highest BCUT2D eigenvalue weighted by atomic mass is 16.7. The van der Waals surface area contributed by atoms with Crippen molar-refractivity contribution < 1.29 is 19.1 Å². The number of carbonyl (C=O) groups is 2. The van der Waals surface area contributed by atoms with Crippen LogP contribution in [-0.2, 0) is 9.59 Å². The number of hydrogen-bond acceptors (Lipinski definition) is 4. The third-order valence-electron chi connectivity index (χ3n) is 6.28. The molecule has 2 amide bonds. The van der Waals surface area contributed by atoms with Gasteiger partial charge in [0.2, 0.25) is 18.6 Å². The molecule has 5 heteroatoms. The van der Waals surface area contributed by atoms with Crippen LogP contribution in [0.25, 0.3) is 0 Å². The number of amides is 2. The van der Waals surface area contributed by atoms with Crippen molar-refractivity contribution in [3.8, 4) is 11.5 Å². The van der Waals surface area contributed by atoms with Gasteiger partial charge in [-0.1, -0.05) is 12.2 Å². The number of anilines is 1. The number of imide groups is 1. The van der Waals surface area contributed by atoms with Crippen LogP contribution in [0.4, 0.5) is 5.69 Å². The van der Waals surface area contributed by atoms with E-state index in [0.717, 1.165) is 0 Å². The van der Waals surface area contributed by atoms with Crippen molar-refractivity contribution in [3.63, 3.8) is 0 Å². The van der Waals surface area contributed by atoms with Gasteiger partial charge in [-0.25, -0.2) is 4.90 Å². The summed E-state index contributed by atoms with van der Waals surface area (Å²) in [5.41, 5.74) is 0.603. The van der Waals surface area contributed by atoms with Crippen molar-refractivity contribution in [2.24, 2.45) is 35.5 Å². The Morgan fingerprint density at radius 1 is 0.913 bits per heavy atom. The third-order valence-corrected chi connectivity index (χ3v) is 6.28. The molecule has 6 atom stereocenters. The van der Waals surface area contributed by atoms with Crippen molar-refractivity contribution in [2.45, 2.75) is 6.42 Å². The van der Waals surface area contributed by atoms with E-state index in [1.807, 2.05) is 0 Å². The average Bonchev–Trinajstić information content (AvgIpc) is 3.20. The average molecular weight is 309 g/mol. The number of allylic oxidation sites excluding steroid dienone is 2. The monoisotopic (exact) mass is 309 g/mol. The molecule has 0 unspecified atom stereocenters. The highest BCUT2D eigenvalue weighted by Gasteiger charge is 2.67. The molecule has 6 aliphatic rings. The minimum absolute atomic E-state index is 0.0384. The number of benzene rings is 1. The Morgan fingerprint density at radius 2 is 1.57 bits per heavy atom. The first-order valence-electron chi connectivity index (χ1n) is 8.20. The van der Waals surface area contributed by atoms with Crippen LogP contribution in [0.15, 0.2) is 30.4 Å². The van der Waals surface area contributed by atoms with Gasteiger partial charge in [-0.3, -0.25) is 9.59 Å². The standard InChI is InChI=1S/C18H15NO4/c20-17-15-9-2-3-10(12-6-11(9)12)16(15)18(21)19(17)8-1-4-13-14(5-8)23-7-22-13/h1-5,9-12,15-16H,6-7H2/t9-,10-,11-,12+,15+,16+/m0/s1. The predicted octanol–water partition coefficient (Wildman–Crippen LogP) is 1.97. The summed E-state index contributed by atoms with van der Waals surface area (Å²) >= 11 is 0. The second-order valence-corrected chi connectivity index (χ2v) is 7.20. The summed E-state index contributed by atoms with van der Waals surface area (Å²) in [6.07, 6.45) is 5.56. The highest BCUT2D eigenvalue weighted by Crippen LogP contribution is 2.65. The second kappa shape index (κ2) is 3.78. The molecular formula is C18H15NO4. The normalized spacial score (nSPS) is 41.3. The molecule has 1 aromatic rings. The van der Waals surface area contributed by atoms with E-state index in [4.69, 9.17) is 9.47 Å². The number of carbonyl (C=O) groups excluding carboxylic acids is 2. The smallest absolute Gasteiger partial charge is 0.238 e. The van der Waals surface area contributed by atoms with E-state index < -0.39 is 0 Å². The van der Waals surface area contributed by atoms with Crippen LogP contribution in [0.2, 0.25) is 0 Å². The first-order chi connectivity index (χ1) is 11.2. The van der Waals surface area contributed by atoms with Gasteiger partial charge in [0.25, 0.3) is 0 Å². The first-order valence-corrected chi connectivity index (χ1v) is 8.20. The molecule has 2 bridgehead atoms. The SMILES string of the molecule is O=C1[C@@H]2[C@H]3C=C[C@@H]([C@@H]4C[C@H]34)[C@H]2C(=O)N1c1ccc2c(c1)OCO2. The summed E-state index contributed by atoms with van der Waals surface area (Å²) in [4.78, 5) is 27.4. The summed E-state index contributed by atoms with van der Waals surface area (Å²) in [5, 5.41) is 0. The van der Waals surface area contributed by atoms with E-state index >= 15 is 0 Å². The van der Waals surface area contributed by atoms with Crippen LogP contribution in [0.5, 0.6) is 11.5 Å². The zero-order valence-corrected chi connectivity index (χ0v) is 12.3. The topological polar surface area (TPSA) is 55.8 Å². The van der Waals surface area contributed by atoms with Crippen LogP contribution in [0, 0.1) is 35.5 Å². The molecule has 4 aliphatic carbocycles. The summed E-state index contributed by atoms with van der Waals surface area (Å²) < 4.78 is 10.7. The molecule has 2 saturated carbocycles. The molecule has 23 heavy (non-hydrogen) atoms. The minimum Gasteiger partial charge on any atom is -0.454 e. The summed E-state index contributed by atoms with van der Waals surface area (Å²) in [6, 6.07) is 5.28. The van der Waals surface area contributed by atoms with Gasteiger partial charge in [-0.2, -0.15) is 0 Å². The number of ether oxygens (including phenoxy) is 2. The quantitative estimate of drug-likeness (QED) is 0.588. The van der Waals surface area contributed by atoms with E-state index in [1.165, 1.54) is 11.3 Å². The third kappa shape index (κ3) is 1.35. The Balaban J connectivity index is 1.43. The van der Waals surface area contributed by atoms with E-state index in [9.17, 15) is 9.59 Å². The molecule has 0 spiro atoms. The maximum Gasteiger partial charge on any atom is 0.238 e. The van der Waals surface area contributed by atoms with Crippen molar-refractivity contribution in [3.05, 3.63) is 30.4 Å². The van der Waals surface area contributed by atoms with E-state index in [2.05, 4.69) is 12.2 Å². The van der Waals surface area contributed by atoms with Gasteiger partial charge in [0, 0.05) is 6.07 Å².